The van der Waals surface area contributed by atoms with Crippen LogP contribution in [0.25, 0.3) is 0 Å². The number of imide groups is 1. The molecule has 4 rings (SSSR count). The first-order chi connectivity index (χ1) is 14.5. The summed E-state index contributed by atoms with van der Waals surface area (Å²) in [6.45, 7) is 2.04. The predicted octanol–water partition coefficient (Wildman–Crippen LogP) is 2.16. The topological polar surface area (TPSA) is 104 Å². The zero-order valence-electron chi connectivity index (χ0n) is 16.0. The third-order valence-corrected chi connectivity index (χ3v) is 4.68. The standard InChI is InChI=1S/C20H18FN5O4/c1-2-30-15-8-6-14(7-9-15)26-19(28)17-18(20(26)29)25(24-23-17)11-16(27)22-13-5-3-4-12(21)10-13/h3-10,17-18H,2,11H2,1H3,(H,22,27)/t17-,18-/m1/s1. The van der Waals surface area contributed by atoms with E-state index < -0.39 is 35.6 Å². The number of nitrogens with zero attached hydrogens (tertiary/aromatic N) is 4. The van der Waals surface area contributed by atoms with Gasteiger partial charge in [-0.05, 0) is 49.4 Å². The molecule has 2 heterocycles. The van der Waals surface area contributed by atoms with Crippen molar-refractivity contribution in [1.82, 2.24) is 5.01 Å². The molecule has 2 aromatic carbocycles. The minimum Gasteiger partial charge on any atom is -0.494 e. The summed E-state index contributed by atoms with van der Waals surface area (Å²) in [7, 11) is 0. The fourth-order valence-corrected chi connectivity index (χ4v) is 3.38. The molecular formula is C20H18FN5O4. The predicted molar refractivity (Wildman–Crippen MR) is 104 cm³/mol. The second-order valence-electron chi connectivity index (χ2n) is 6.69. The normalized spacial score (nSPS) is 19.9. The average molecular weight is 411 g/mol. The summed E-state index contributed by atoms with van der Waals surface area (Å²) in [6.07, 6.45) is 0. The van der Waals surface area contributed by atoms with E-state index in [1.807, 2.05) is 6.92 Å². The maximum absolute atomic E-state index is 13.3. The summed E-state index contributed by atoms with van der Waals surface area (Å²) in [5.41, 5.74) is 0.666. The van der Waals surface area contributed by atoms with Crippen molar-refractivity contribution >= 4 is 29.1 Å². The lowest BCUT2D eigenvalue weighted by atomic mass is 10.1. The van der Waals surface area contributed by atoms with Crippen LogP contribution in [0.3, 0.4) is 0 Å². The van der Waals surface area contributed by atoms with Crippen molar-refractivity contribution < 1.29 is 23.5 Å². The maximum atomic E-state index is 13.3. The fourth-order valence-electron chi connectivity index (χ4n) is 3.38. The molecule has 9 nitrogen and oxygen atoms in total. The molecule has 3 amide bonds. The van der Waals surface area contributed by atoms with Crippen LogP contribution in [0.15, 0.2) is 58.9 Å². The van der Waals surface area contributed by atoms with Gasteiger partial charge in [0.1, 0.15) is 18.1 Å². The highest BCUT2D eigenvalue weighted by atomic mass is 19.1. The van der Waals surface area contributed by atoms with Crippen molar-refractivity contribution in [2.45, 2.75) is 19.0 Å². The van der Waals surface area contributed by atoms with Gasteiger partial charge in [-0.15, -0.1) is 0 Å². The zero-order valence-corrected chi connectivity index (χ0v) is 16.0. The number of halogens is 1. The number of hydrogen-bond donors (Lipinski definition) is 1. The summed E-state index contributed by atoms with van der Waals surface area (Å²) in [6, 6.07) is 9.97. The number of ether oxygens (including phenoxy) is 1. The van der Waals surface area contributed by atoms with Gasteiger partial charge < -0.3 is 10.1 Å². The van der Waals surface area contributed by atoms with Gasteiger partial charge in [0.2, 0.25) is 5.91 Å². The Morgan fingerprint density at radius 1 is 1.17 bits per heavy atom. The molecule has 0 aromatic heterocycles. The number of anilines is 2. The van der Waals surface area contributed by atoms with E-state index in [1.54, 1.807) is 24.3 Å². The largest absolute Gasteiger partial charge is 0.494 e. The molecule has 2 aliphatic heterocycles. The molecule has 30 heavy (non-hydrogen) atoms. The van der Waals surface area contributed by atoms with Gasteiger partial charge in [-0.2, -0.15) is 5.11 Å². The SMILES string of the molecule is CCOc1ccc(N2C(=O)[C@@H]3N=NN(CC(=O)Nc4cccc(F)c4)[C@H]3C2=O)cc1. The highest BCUT2D eigenvalue weighted by Gasteiger charge is 2.55. The smallest absolute Gasteiger partial charge is 0.263 e. The summed E-state index contributed by atoms with van der Waals surface area (Å²) in [5.74, 6) is -1.41. The Labute approximate surface area is 171 Å². The molecule has 0 aliphatic carbocycles. The van der Waals surface area contributed by atoms with Crippen LogP contribution < -0.4 is 15.0 Å². The molecule has 10 heteroatoms. The summed E-state index contributed by atoms with van der Waals surface area (Å²) < 4.78 is 18.6. The van der Waals surface area contributed by atoms with Crippen molar-refractivity contribution in [3.63, 3.8) is 0 Å². The molecule has 1 saturated heterocycles. The lowest BCUT2D eigenvalue weighted by Gasteiger charge is -2.20. The monoisotopic (exact) mass is 411 g/mol. The lowest BCUT2D eigenvalue weighted by molar-refractivity contribution is -0.123. The van der Waals surface area contributed by atoms with Crippen molar-refractivity contribution in [3.05, 3.63) is 54.3 Å². The van der Waals surface area contributed by atoms with E-state index in [4.69, 9.17) is 4.74 Å². The molecule has 154 valence electrons. The molecule has 0 unspecified atom stereocenters. The zero-order chi connectivity index (χ0) is 21.3. The third-order valence-electron chi connectivity index (χ3n) is 4.68. The van der Waals surface area contributed by atoms with Gasteiger partial charge in [-0.3, -0.25) is 19.4 Å². The molecular weight excluding hydrogens is 393 g/mol. The van der Waals surface area contributed by atoms with Gasteiger partial charge in [0.25, 0.3) is 11.8 Å². The Morgan fingerprint density at radius 3 is 2.63 bits per heavy atom. The Bertz CT molecular complexity index is 1030. The van der Waals surface area contributed by atoms with E-state index in [0.717, 1.165) is 4.90 Å². The van der Waals surface area contributed by atoms with Crippen LogP contribution in [0.4, 0.5) is 15.8 Å². The molecule has 1 fully saturated rings. The number of amides is 3. The highest BCUT2D eigenvalue weighted by molar-refractivity contribution is 6.25. The molecule has 2 aliphatic rings. The van der Waals surface area contributed by atoms with Crippen molar-refractivity contribution in [3.8, 4) is 5.75 Å². The molecule has 0 radical (unpaired) electrons. The van der Waals surface area contributed by atoms with Crippen LogP contribution in [-0.4, -0.2) is 48.0 Å². The van der Waals surface area contributed by atoms with Crippen LogP contribution in [0.5, 0.6) is 5.75 Å². The second kappa shape index (κ2) is 7.90. The van der Waals surface area contributed by atoms with Crippen molar-refractivity contribution in [2.75, 3.05) is 23.4 Å². The number of hydrogen-bond acceptors (Lipinski definition) is 7. The Morgan fingerprint density at radius 2 is 1.93 bits per heavy atom. The summed E-state index contributed by atoms with van der Waals surface area (Å²) in [5, 5.41) is 11.4. The van der Waals surface area contributed by atoms with Gasteiger partial charge in [-0.1, -0.05) is 11.3 Å². The quantitative estimate of drug-likeness (QED) is 0.734. The van der Waals surface area contributed by atoms with Crippen LogP contribution in [0, 0.1) is 5.82 Å². The molecule has 0 bridgehead atoms. The first-order valence-corrected chi connectivity index (χ1v) is 9.31. The van der Waals surface area contributed by atoms with Gasteiger partial charge in [0, 0.05) is 5.69 Å². The van der Waals surface area contributed by atoms with Gasteiger partial charge in [0.05, 0.1) is 12.3 Å². The Hall–Kier alpha value is -3.82. The van der Waals surface area contributed by atoms with E-state index in [0.29, 0.717) is 18.0 Å². The molecule has 0 spiro atoms. The van der Waals surface area contributed by atoms with Crippen LogP contribution in [0.1, 0.15) is 6.92 Å². The number of nitrogens with one attached hydrogen (secondary N) is 1. The number of carbonyl (C=O) groups is 3. The van der Waals surface area contributed by atoms with Gasteiger partial charge in [0.15, 0.2) is 12.1 Å². The van der Waals surface area contributed by atoms with E-state index in [2.05, 4.69) is 15.7 Å². The minimum atomic E-state index is -1.01. The number of benzene rings is 2. The molecule has 0 saturated carbocycles. The number of fused-ring (bicyclic) bond motifs is 1. The van der Waals surface area contributed by atoms with Crippen LogP contribution in [-0.2, 0) is 14.4 Å². The van der Waals surface area contributed by atoms with E-state index in [-0.39, 0.29) is 12.2 Å². The first-order valence-electron chi connectivity index (χ1n) is 9.31. The fraction of sp³-hybridized carbons (Fsp3) is 0.250. The molecule has 1 N–H and O–H groups in total. The average Bonchev–Trinajstić information content (AvgIpc) is 3.23. The minimum absolute atomic E-state index is 0.275. The first kappa shape index (κ1) is 19.5. The van der Waals surface area contributed by atoms with Crippen molar-refractivity contribution in [2.24, 2.45) is 10.3 Å². The van der Waals surface area contributed by atoms with Crippen LogP contribution in [0.2, 0.25) is 0 Å². The van der Waals surface area contributed by atoms with E-state index >= 15 is 0 Å². The highest BCUT2D eigenvalue weighted by Crippen LogP contribution is 2.32. The molecule has 2 aromatic rings. The molecule has 2 atom stereocenters. The number of carbonyl (C=O) groups excluding carboxylic acids is 3. The summed E-state index contributed by atoms with van der Waals surface area (Å²) >= 11 is 0. The maximum Gasteiger partial charge on any atom is 0.263 e. The summed E-state index contributed by atoms with van der Waals surface area (Å²) in [4.78, 5) is 39.0. The Kier molecular flexibility index (Phi) is 5.13. The van der Waals surface area contributed by atoms with Crippen LogP contribution >= 0.6 is 0 Å². The van der Waals surface area contributed by atoms with E-state index in [9.17, 15) is 18.8 Å². The van der Waals surface area contributed by atoms with Gasteiger partial charge >= 0.3 is 0 Å². The van der Waals surface area contributed by atoms with Crippen molar-refractivity contribution in [1.29, 1.82) is 0 Å². The third kappa shape index (κ3) is 3.59. The number of rotatable bonds is 6. The second-order valence-corrected chi connectivity index (χ2v) is 6.69. The Balaban J connectivity index is 1.46. The van der Waals surface area contributed by atoms with E-state index in [1.165, 1.54) is 29.3 Å². The lowest BCUT2D eigenvalue weighted by Crippen LogP contribution is -2.43. The van der Waals surface area contributed by atoms with Gasteiger partial charge in [-0.25, -0.2) is 9.29 Å².